The van der Waals surface area contributed by atoms with Crippen molar-refractivity contribution in [2.75, 3.05) is 68.0 Å². The van der Waals surface area contributed by atoms with E-state index >= 15 is 0 Å². The third-order valence-corrected chi connectivity index (χ3v) is 14.9. The number of carbonyl (C=O) groups is 4. The first-order valence-corrected chi connectivity index (χ1v) is 23.7. The van der Waals surface area contributed by atoms with Gasteiger partial charge in [-0.1, -0.05) is 11.6 Å². The van der Waals surface area contributed by atoms with Gasteiger partial charge < -0.3 is 39.4 Å². The molecule has 2 unspecified atom stereocenters. The predicted molar refractivity (Wildman–Crippen MR) is 250 cm³/mol. The maximum atomic E-state index is 13.3. The molecular weight excluding hydrogens is 864 g/mol. The molecule has 10 rings (SSSR count). The molecule has 6 aliphatic rings. The number of halogens is 1. The number of ether oxygens (including phenoxy) is 2. The summed E-state index contributed by atoms with van der Waals surface area (Å²) in [5.74, 6) is 0.0454. The number of likely N-dealkylation sites (N-methyl/N-ethyl adjacent to an activating group) is 1. The summed E-state index contributed by atoms with van der Waals surface area (Å²) >= 11 is 6.62. The second-order valence-electron chi connectivity index (χ2n) is 19.2. The van der Waals surface area contributed by atoms with E-state index in [1.807, 2.05) is 38.1 Å². The molecule has 66 heavy (non-hydrogen) atoms. The van der Waals surface area contributed by atoms with Crippen molar-refractivity contribution >= 4 is 69.3 Å². The van der Waals surface area contributed by atoms with E-state index in [-0.39, 0.29) is 71.6 Å². The average molecular weight is 921 g/mol. The monoisotopic (exact) mass is 920 g/mol. The fraction of sp³-hybridized carbons (Fsp3) is 0.521. The van der Waals surface area contributed by atoms with Gasteiger partial charge in [0.25, 0.3) is 17.4 Å². The lowest BCUT2D eigenvalue weighted by atomic mass is 9.85. The van der Waals surface area contributed by atoms with Crippen LogP contribution in [-0.4, -0.2) is 125 Å². The second kappa shape index (κ2) is 17.8. The number of rotatable bonds is 12. The van der Waals surface area contributed by atoms with Crippen LogP contribution < -0.4 is 36.0 Å². The highest BCUT2D eigenvalue weighted by atomic mass is 35.5. The fourth-order valence-corrected chi connectivity index (χ4v) is 11.0. The summed E-state index contributed by atoms with van der Waals surface area (Å²) in [5.41, 5.74) is 4.16. The Morgan fingerprint density at radius 2 is 1.76 bits per heavy atom. The predicted octanol–water partition coefficient (Wildman–Crippen LogP) is 4.77. The van der Waals surface area contributed by atoms with Crippen LogP contribution in [0, 0.1) is 5.41 Å². The number of fused-ring (bicyclic) bond motifs is 2. The molecule has 4 aromatic rings. The van der Waals surface area contributed by atoms with E-state index in [1.54, 1.807) is 21.7 Å². The Morgan fingerprint density at radius 1 is 0.955 bits per heavy atom. The molecule has 5 aliphatic heterocycles. The van der Waals surface area contributed by atoms with Gasteiger partial charge in [-0.2, -0.15) is 4.98 Å². The van der Waals surface area contributed by atoms with Crippen LogP contribution >= 0.6 is 11.6 Å². The minimum Gasteiger partial charge on any atom is -0.478 e. The van der Waals surface area contributed by atoms with Crippen molar-refractivity contribution in [3.05, 3.63) is 75.2 Å². The van der Waals surface area contributed by atoms with E-state index in [1.165, 1.54) is 13.5 Å². The Hall–Kier alpha value is -5.78. The van der Waals surface area contributed by atoms with E-state index in [9.17, 15) is 24.0 Å². The number of aromatic nitrogens is 3. The van der Waals surface area contributed by atoms with E-state index in [0.717, 1.165) is 99.2 Å². The highest BCUT2D eigenvalue weighted by Crippen LogP contribution is 2.45. The summed E-state index contributed by atoms with van der Waals surface area (Å²) in [6, 6.07) is 13.2. The number of carbonyl (C=O) groups excluding carboxylic acids is 4. The molecule has 1 aliphatic carbocycles. The number of piperidine rings is 2. The lowest BCUT2D eigenvalue weighted by molar-refractivity contribution is -0.137. The van der Waals surface area contributed by atoms with Crippen molar-refractivity contribution in [2.45, 2.75) is 102 Å². The summed E-state index contributed by atoms with van der Waals surface area (Å²) in [6.45, 7) is 9.72. The van der Waals surface area contributed by atoms with Crippen LogP contribution in [0.2, 0.25) is 5.02 Å². The third kappa shape index (κ3) is 8.56. The van der Waals surface area contributed by atoms with Gasteiger partial charge in [0.15, 0.2) is 18.2 Å². The van der Waals surface area contributed by atoms with Gasteiger partial charge in [0.05, 0.1) is 23.9 Å². The smallest absolute Gasteiger partial charge is 0.293 e. The molecule has 0 radical (unpaired) electrons. The van der Waals surface area contributed by atoms with E-state index in [0.29, 0.717) is 41.4 Å². The quantitative estimate of drug-likeness (QED) is 0.165. The van der Waals surface area contributed by atoms with Gasteiger partial charge in [-0.15, -0.1) is 0 Å². The van der Waals surface area contributed by atoms with E-state index in [2.05, 4.69) is 47.8 Å². The molecule has 7 heterocycles. The molecular formula is C48H57ClN10O7. The molecule has 3 N–H and O–H groups in total. The molecule has 5 fully saturated rings. The van der Waals surface area contributed by atoms with E-state index in [4.69, 9.17) is 26.1 Å². The Kier molecular flexibility index (Phi) is 11.9. The first kappa shape index (κ1) is 44.1. The normalized spacial score (nSPS) is 24.7. The first-order chi connectivity index (χ1) is 31.8. The van der Waals surface area contributed by atoms with Crippen LogP contribution in [0.1, 0.15) is 87.2 Å². The molecule has 1 saturated carbocycles. The summed E-state index contributed by atoms with van der Waals surface area (Å²) < 4.78 is 14.0. The average Bonchev–Trinajstić information content (AvgIpc) is 4.00. The molecule has 17 nitrogen and oxygen atoms in total. The topological polar surface area (TPSA) is 184 Å². The number of amides is 4. The Morgan fingerprint density at radius 3 is 2.53 bits per heavy atom. The van der Waals surface area contributed by atoms with E-state index < -0.39 is 6.04 Å². The molecule has 0 bridgehead atoms. The molecule has 1 spiro atoms. The lowest BCUT2D eigenvalue weighted by Gasteiger charge is -2.44. The number of nitrogens with zero attached hydrogens (tertiary/aromatic N) is 7. The minimum absolute atomic E-state index is 0.0972. The van der Waals surface area contributed by atoms with Crippen molar-refractivity contribution in [1.29, 1.82) is 0 Å². The maximum Gasteiger partial charge on any atom is 0.293 e. The van der Waals surface area contributed by atoms with Crippen LogP contribution in [0.4, 0.5) is 23.1 Å². The van der Waals surface area contributed by atoms with Gasteiger partial charge in [-0.05, 0) is 113 Å². The van der Waals surface area contributed by atoms with Crippen molar-refractivity contribution in [3.63, 3.8) is 0 Å². The molecule has 4 amide bonds. The van der Waals surface area contributed by atoms with Crippen LogP contribution in [-0.2, 0) is 25.7 Å². The molecule has 4 saturated heterocycles. The molecule has 18 heteroatoms. The van der Waals surface area contributed by atoms with Crippen LogP contribution in [0.3, 0.4) is 0 Å². The largest absolute Gasteiger partial charge is 0.478 e. The number of hydrogen-bond acceptors (Lipinski definition) is 13. The summed E-state index contributed by atoms with van der Waals surface area (Å²) in [7, 11) is 1.52. The van der Waals surface area contributed by atoms with Gasteiger partial charge in [0, 0.05) is 92.6 Å². The van der Waals surface area contributed by atoms with Gasteiger partial charge in [0.1, 0.15) is 11.1 Å². The number of pyridine rings is 1. The number of benzene rings is 2. The number of nitrogens with one attached hydrogen (secondary N) is 3. The molecule has 2 aromatic heterocycles. The second-order valence-corrected chi connectivity index (χ2v) is 19.6. The van der Waals surface area contributed by atoms with Gasteiger partial charge in [-0.3, -0.25) is 34.2 Å². The standard InChI is InChI=1S/C48H57ClN10O7/c1-28(2)59-38-7-4-31(18-29(38)20-40(46(59)64)65-25-42(61)50-3)52-43-37(49)23-51-47(54-43)55-14-10-34(11-15-55)66-35-21-33(22-35)57-17-13-48(27-57)12-16-56(26-48)32-5-6-36-30(19-32)24-58(45(36)63)39-8-9-41(60)53-44(39)62/h4-7,18-20,23,28,33-35,39H,8-17,21-22,24-27H2,1-3H3,(H,50,61)(H,51,52,54)(H,53,60,62). The highest BCUT2D eigenvalue weighted by Gasteiger charge is 2.48. The zero-order valence-electron chi connectivity index (χ0n) is 37.7. The Balaban J connectivity index is 0.694. The van der Waals surface area contributed by atoms with Crippen molar-refractivity contribution in [1.82, 2.24) is 35.0 Å². The summed E-state index contributed by atoms with van der Waals surface area (Å²) in [5, 5.41) is 9.39. The van der Waals surface area contributed by atoms with Gasteiger partial charge in [0.2, 0.25) is 17.8 Å². The Bertz CT molecular complexity index is 2650. The zero-order valence-corrected chi connectivity index (χ0v) is 38.4. The maximum absolute atomic E-state index is 13.3. The Labute approximate surface area is 388 Å². The van der Waals surface area contributed by atoms with Crippen LogP contribution in [0.15, 0.2) is 53.5 Å². The highest BCUT2D eigenvalue weighted by molar-refractivity contribution is 6.33. The molecule has 348 valence electrons. The lowest BCUT2D eigenvalue weighted by Crippen LogP contribution is -2.52. The van der Waals surface area contributed by atoms with Crippen molar-refractivity contribution < 1.29 is 28.7 Å². The number of hydrogen-bond donors (Lipinski definition) is 3. The van der Waals surface area contributed by atoms with Crippen LogP contribution in [0.25, 0.3) is 10.9 Å². The van der Waals surface area contributed by atoms with Crippen molar-refractivity contribution in [2.24, 2.45) is 5.41 Å². The SMILES string of the molecule is CNC(=O)COc1cc2cc(Nc3nc(N4CCC(OC5CC(N6CCC7(CCN(c8ccc9c(c8)CN(C8CCC(=O)NC8=O)C9=O)C7)C6)C5)CC4)ncc3Cl)ccc2n(C(C)C)c1=O. The van der Waals surface area contributed by atoms with Crippen molar-refractivity contribution in [3.8, 4) is 5.75 Å². The molecule has 2 aromatic carbocycles. The first-order valence-electron chi connectivity index (χ1n) is 23.3. The molecule has 2 atom stereocenters. The number of anilines is 4. The third-order valence-electron chi connectivity index (χ3n) is 14.6. The minimum atomic E-state index is -0.605. The van der Waals surface area contributed by atoms with Crippen LogP contribution in [0.5, 0.6) is 5.75 Å². The zero-order chi connectivity index (χ0) is 45.9. The summed E-state index contributed by atoms with van der Waals surface area (Å²) in [6.07, 6.45) is 8.92. The summed E-state index contributed by atoms with van der Waals surface area (Å²) in [4.78, 5) is 81.0. The number of imide groups is 1. The van der Waals surface area contributed by atoms with Gasteiger partial charge >= 0.3 is 0 Å². The fourth-order valence-electron chi connectivity index (χ4n) is 10.9. The van der Waals surface area contributed by atoms with Gasteiger partial charge in [-0.25, -0.2) is 4.98 Å². The number of likely N-dealkylation sites (tertiary alicyclic amines) is 1.